The van der Waals surface area contributed by atoms with Crippen molar-refractivity contribution in [3.8, 4) is 0 Å². The van der Waals surface area contributed by atoms with E-state index in [4.69, 9.17) is 0 Å². The molecule has 0 aliphatic carbocycles. The molecule has 0 N–H and O–H groups in total. The maximum atomic E-state index is 11.1. The molecule has 13 heavy (non-hydrogen) atoms. The molecule has 0 radical (unpaired) electrons. The van der Waals surface area contributed by atoms with E-state index in [1.54, 1.807) is 0 Å². The highest BCUT2D eigenvalue weighted by molar-refractivity contribution is 7.85. The van der Waals surface area contributed by atoms with Crippen molar-refractivity contribution in [3.63, 3.8) is 0 Å². The number of hydrogen-bond acceptors (Lipinski definition) is 2. The Morgan fingerprint density at radius 1 is 1.46 bits per heavy atom. The van der Waals surface area contributed by atoms with Gasteiger partial charge in [-0.25, -0.2) is 0 Å². The first kappa shape index (κ1) is 10.8. The van der Waals surface area contributed by atoms with Crippen molar-refractivity contribution in [2.45, 2.75) is 20.3 Å². The predicted octanol–water partition coefficient (Wildman–Crippen LogP) is 1.61. The molecule has 0 unspecified atom stereocenters. The molecule has 0 aromatic carbocycles. The first-order chi connectivity index (χ1) is 6.09. The van der Waals surface area contributed by atoms with Crippen molar-refractivity contribution in [2.24, 2.45) is 5.92 Å². The predicted molar refractivity (Wildman–Crippen MR) is 58.0 cm³/mol. The second kappa shape index (κ2) is 4.80. The molecule has 76 valence electrons. The summed E-state index contributed by atoms with van der Waals surface area (Å²) >= 11 is 0. The molecule has 1 saturated heterocycles. The van der Waals surface area contributed by atoms with Gasteiger partial charge in [0.1, 0.15) is 0 Å². The normalized spacial score (nSPS) is 19.5. The molecule has 1 fully saturated rings. The highest BCUT2D eigenvalue weighted by atomic mass is 32.2. The third kappa shape index (κ3) is 3.51. The van der Waals surface area contributed by atoms with Gasteiger partial charge in [-0.15, -0.1) is 0 Å². The summed E-state index contributed by atoms with van der Waals surface area (Å²) in [6.45, 7) is 10.3. The molecule has 0 atom stereocenters. The Balaban J connectivity index is 2.35. The molecule has 1 rings (SSSR count). The fraction of sp³-hybridized carbons (Fsp3) is 0.800. The standard InChI is InChI=1S/C10H19NOS/c1-9(2)8-10(3)11-4-6-13(12)7-5-11/h9H,3-8H2,1-2H3. The molecular formula is C10H19NOS. The molecule has 0 amide bonds. The van der Waals surface area contributed by atoms with Crippen LogP contribution >= 0.6 is 0 Å². The van der Waals surface area contributed by atoms with E-state index in [-0.39, 0.29) is 0 Å². The van der Waals surface area contributed by atoms with Gasteiger partial charge in [-0.1, -0.05) is 20.4 Å². The molecule has 1 aliphatic rings. The molecule has 3 heteroatoms. The average Bonchev–Trinajstić information content (AvgIpc) is 2.04. The molecule has 0 spiro atoms. The van der Waals surface area contributed by atoms with Crippen molar-refractivity contribution in [1.29, 1.82) is 0 Å². The minimum atomic E-state index is -0.573. The minimum absolute atomic E-state index is 0.573. The largest absolute Gasteiger partial charge is 0.373 e. The van der Waals surface area contributed by atoms with Crippen molar-refractivity contribution in [2.75, 3.05) is 24.6 Å². The van der Waals surface area contributed by atoms with E-state index in [1.165, 1.54) is 5.70 Å². The van der Waals surface area contributed by atoms with Crippen molar-refractivity contribution >= 4 is 10.8 Å². The van der Waals surface area contributed by atoms with Gasteiger partial charge in [0.15, 0.2) is 0 Å². The maximum absolute atomic E-state index is 11.1. The summed E-state index contributed by atoms with van der Waals surface area (Å²) in [6.07, 6.45) is 1.06. The molecule has 0 saturated carbocycles. The Hall–Kier alpha value is -0.310. The second-order valence-corrected chi connectivity index (χ2v) is 5.70. The van der Waals surface area contributed by atoms with Crippen LogP contribution in [0.2, 0.25) is 0 Å². The Morgan fingerprint density at radius 3 is 2.46 bits per heavy atom. The Labute approximate surface area is 83.5 Å². The molecule has 0 bridgehead atoms. The Kier molecular flexibility index (Phi) is 3.97. The van der Waals surface area contributed by atoms with Crippen LogP contribution in [0, 0.1) is 5.92 Å². The van der Waals surface area contributed by atoms with E-state index in [0.717, 1.165) is 31.0 Å². The van der Waals surface area contributed by atoms with Crippen LogP contribution in [0.5, 0.6) is 0 Å². The summed E-state index contributed by atoms with van der Waals surface area (Å²) in [7, 11) is -0.573. The van der Waals surface area contributed by atoms with Gasteiger partial charge in [-0.2, -0.15) is 0 Å². The minimum Gasteiger partial charge on any atom is -0.373 e. The summed E-state index contributed by atoms with van der Waals surface area (Å²) in [6, 6.07) is 0. The van der Waals surface area contributed by atoms with Crippen molar-refractivity contribution < 1.29 is 4.21 Å². The van der Waals surface area contributed by atoms with Crippen molar-refractivity contribution in [1.82, 2.24) is 4.90 Å². The fourth-order valence-electron chi connectivity index (χ4n) is 1.55. The zero-order chi connectivity index (χ0) is 9.84. The van der Waals surface area contributed by atoms with E-state index < -0.39 is 10.8 Å². The molecule has 2 nitrogen and oxygen atoms in total. The summed E-state index contributed by atoms with van der Waals surface area (Å²) in [4.78, 5) is 2.28. The van der Waals surface area contributed by atoms with Crippen LogP contribution in [-0.4, -0.2) is 33.7 Å². The summed E-state index contributed by atoms with van der Waals surface area (Å²) < 4.78 is 11.1. The number of nitrogens with zero attached hydrogens (tertiary/aromatic N) is 1. The topological polar surface area (TPSA) is 20.3 Å². The van der Waals surface area contributed by atoms with Crippen molar-refractivity contribution in [3.05, 3.63) is 12.3 Å². The number of rotatable bonds is 3. The van der Waals surface area contributed by atoms with Crippen LogP contribution in [0.15, 0.2) is 12.3 Å². The van der Waals surface area contributed by atoms with E-state index in [0.29, 0.717) is 5.92 Å². The zero-order valence-electron chi connectivity index (χ0n) is 8.58. The Bertz CT molecular complexity index is 203. The van der Waals surface area contributed by atoms with Crippen LogP contribution in [0.4, 0.5) is 0 Å². The smallest absolute Gasteiger partial charge is 0.0411 e. The number of allylic oxidation sites excluding steroid dienone is 1. The quantitative estimate of drug-likeness (QED) is 0.691. The van der Waals surface area contributed by atoms with Crippen LogP contribution < -0.4 is 0 Å². The number of hydrogen-bond donors (Lipinski definition) is 0. The SMILES string of the molecule is C=C(CC(C)C)N1CCS(=O)CC1. The maximum Gasteiger partial charge on any atom is 0.0411 e. The summed E-state index contributed by atoms with van der Waals surface area (Å²) in [5, 5.41) is 0. The van der Waals surface area contributed by atoms with E-state index in [2.05, 4.69) is 25.3 Å². The van der Waals surface area contributed by atoms with Gasteiger partial charge in [0.2, 0.25) is 0 Å². The molecule has 0 aromatic heterocycles. The van der Waals surface area contributed by atoms with Gasteiger partial charge in [-0.3, -0.25) is 4.21 Å². The van der Waals surface area contributed by atoms with Crippen LogP contribution in [-0.2, 0) is 10.8 Å². The lowest BCUT2D eigenvalue weighted by molar-refractivity contribution is 0.350. The summed E-state index contributed by atoms with van der Waals surface area (Å²) in [5.74, 6) is 2.30. The first-order valence-electron chi connectivity index (χ1n) is 4.87. The first-order valence-corrected chi connectivity index (χ1v) is 6.36. The highest BCUT2D eigenvalue weighted by Crippen LogP contribution is 2.15. The lowest BCUT2D eigenvalue weighted by Gasteiger charge is -2.30. The van der Waals surface area contributed by atoms with Gasteiger partial charge >= 0.3 is 0 Å². The van der Waals surface area contributed by atoms with Gasteiger partial charge in [0.05, 0.1) is 0 Å². The lowest BCUT2D eigenvalue weighted by atomic mass is 10.1. The van der Waals surface area contributed by atoms with E-state index in [1.807, 2.05) is 0 Å². The second-order valence-electron chi connectivity index (χ2n) is 4.00. The van der Waals surface area contributed by atoms with Crippen LogP contribution in [0.3, 0.4) is 0 Å². The molecule has 1 heterocycles. The Morgan fingerprint density at radius 2 is 2.00 bits per heavy atom. The van der Waals surface area contributed by atoms with Crippen LogP contribution in [0.25, 0.3) is 0 Å². The molecule has 0 aromatic rings. The van der Waals surface area contributed by atoms with Gasteiger partial charge in [0, 0.05) is 41.1 Å². The van der Waals surface area contributed by atoms with Gasteiger partial charge in [-0.05, 0) is 12.3 Å². The van der Waals surface area contributed by atoms with Gasteiger partial charge in [0.25, 0.3) is 0 Å². The fourth-order valence-corrected chi connectivity index (χ4v) is 2.61. The van der Waals surface area contributed by atoms with E-state index >= 15 is 0 Å². The third-order valence-corrected chi connectivity index (χ3v) is 3.54. The monoisotopic (exact) mass is 201 g/mol. The summed E-state index contributed by atoms with van der Waals surface area (Å²) in [5.41, 5.74) is 1.21. The average molecular weight is 201 g/mol. The highest BCUT2D eigenvalue weighted by Gasteiger charge is 2.16. The van der Waals surface area contributed by atoms with Crippen LogP contribution in [0.1, 0.15) is 20.3 Å². The lowest BCUT2D eigenvalue weighted by Crippen LogP contribution is -2.37. The third-order valence-electron chi connectivity index (χ3n) is 2.27. The zero-order valence-corrected chi connectivity index (χ0v) is 9.40. The van der Waals surface area contributed by atoms with Gasteiger partial charge < -0.3 is 4.90 Å². The molecular weight excluding hydrogens is 182 g/mol. The molecule has 1 aliphatic heterocycles. The van der Waals surface area contributed by atoms with E-state index in [9.17, 15) is 4.21 Å².